The maximum Gasteiger partial charge on any atom is 0.123 e. The van der Waals surface area contributed by atoms with E-state index in [4.69, 9.17) is 5.73 Å². The molecule has 0 aliphatic heterocycles. The molecule has 0 amide bonds. The smallest absolute Gasteiger partial charge is 0.123 e. The Kier molecular flexibility index (Phi) is 7.77. The molecule has 0 unspecified atom stereocenters. The normalized spacial score (nSPS) is 15.2. The lowest BCUT2D eigenvalue weighted by atomic mass is 10.0. The van der Waals surface area contributed by atoms with Crippen molar-refractivity contribution < 1.29 is 0 Å². The minimum Gasteiger partial charge on any atom is -0.384 e. The third-order valence-corrected chi connectivity index (χ3v) is 2.66. The minimum atomic E-state index is 0.525. The van der Waals surface area contributed by atoms with E-state index in [9.17, 15) is 0 Å². The molecular formula is C16H26N2. The topological polar surface area (TPSA) is 38.4 Å². The number of nitrogens with two attached hydrogens (primary N) is 1. The molecule has 0 atom stereocenters. The number of rotatable bonds is 6. The van der Waals surface area contributed by atoms with Gasteiger partial charge in [-0.05, 0) is 44.8 Å². The standard InChI is InChI=1S/C16H26N2/c1-7-13(5)14(6)18-16(17)10-9-15(8-2)11-12(3)4/h7-10,12H,1,11H2,2-6H3,(H2,17,18)/b10-9-,14-13-,15-8+. The van der Waals surface area contributed by atoms with E-state index < -0.39 is 0 Å². The molecule has 0 saturated carbocycles. The van der Waals surface area contributed by atoms with Gasteiger partial charge >= 0.3 is 0 Å². The van der Waals surface area contributed by atoms with Crippen molar-refractivity contribution in [1.82, 2.24) is 0 Å². The van der Waals surface area contributed by atoms with Crippen LogP contribution in [0.2, 0.25) is 0 Å². The molecule has 0 spiro atoms. The van der Waals surface area contributed by atoms with Gasteiger partial charge in [0.15, 0.2) is 0 Å². The molecule has 0 bridgehead atoms. The van der Waals surface area contributed by atoms with Crippen molar-refractivity contribution in [3.8, 4) is 0 Å². The molecule has 0 aromatic rings. The van der Waals surface area contributed by atoms with E-state index in [0.29, 0.717) is 11.8 Å². The zero-order valence-electron chi connectivity index (χ0n) is 12.3. The first kappa shape index (κ1) is 16.4. The Hall–Kier alpha value is -1.57. The van der Waals surface area contributed by atoms with Crippen LogP contribution < -0.4 is 5.73 Å². The van der Waals surface area contributed by atoms with Gasteiger partial charge in [-0.2, -0.15) is 0 Å². The zero-order chi connectivity index (χ0) is 14.1. The van der Waals surface area contributed by atoms with Crippen LogP contribution in [0.4, 0.5) is 0 Å². The van der Waals surface area contributed by atoms with Crippen molar-refractivity contribution >= 4 is 5.84 Å². The predicted molar refractivity (Wildman–Crippen MR) is 82.5 cm³/mol. The Labute approximate surface area is 112 Å². The quantitative estimate of drug-likeness (QED) is 0.422. The monoisotopic (exact) mass is 246 g/mol. The summed E-state index contributed by atoms with van der Waals surface area (Å²) in [5.74, 6) is 1.17. The van der Waals surface area contributed by atoms with Crippen LogP contribution in [0, 0.1) is 5.92 Å². The molecule has 0 aromatic carbocycles. The molecule has 0 aromatic heterocycles. The Morgan fingerprint density at radius 2 is 1.89 bits per heavy atom. The highest BCUT2D eigenvalue weighted by atomic mass is 14.9. The Morgan fingerprint density at radius 1 is 1.28 bits per heavy atom. The summed E-state index contributed by atoms with van der Waals surface area (Å²) in [5.41, 5.74) is 9.09. The zero-order valence-corrected chi connectivity index (χ0v) is 12.3. The van der Waals surface area contributed by atoms with Gasteiger partial charge in [0.2, 0.25) is 0 Å². The molecule has 0 saturated heterocycles. The predicted octanol–water partition coefficient (Wildman–Crippen LogP) is 4.37. The molecule has 2 heteroatoms. The van der Waals surface area contributed by atoms with Crippen LogP contribution in [0.3, 0.4) is 0 Å². The average molecular weight is 246 g/mol. The van der Waals surface area contributed by atoms with Crippen molar-refractivity contribution in [2.24, 2.45) is 16.6 Å². The molecule has 0 aliphatic rings. The summed E-state index contributed by atoms with van der Waals surface area (Å²) < 4.78 is 0. The van der Waals surface area contributed by atoms with Gasteiger partial charge in [-0.25, -0.2) is 4.99 Å². The summed E-state index contributed by atoms with van der Waals surface area (Å²) in [7, 11) is 0. The number of aliphatic imine (C=N–C) groups is 1. The van der Waals surface area contributed by atoms with Gasteiger partial charge in [-0.3, -0.25) is 0 Å². The molecule has 0 rings (SSSR count). The minimum absolute atomic E-state index is 0.525. The van der Waals surface area contributed by atoms with Crippen LogP contribution in [-0.4, -0.2) is 5.84 Å². The van der Waals surface area contributed by atoms with E-state index in [2.05, 4.69) is 31.5 Å². The fourth-order valence-corrected chi connectivity index (χ4v) is 1.41. The van der Waals surface area contributed by atoms with Crippen LogP contribution in [0.15, 0.2) is 52.7 Å². The van der Waals surface area contributed by atoms with Gasteiger partial charge in [-0.1, -0.05) is 44.2 Å². The van der Waals surface area contributed by atoms with Gasteiger partial charge in [0, 0.05) is 5.70 Å². The Balaban J connectivity index is 4.79. The van der Waals surface area contributed by atoms with Gasteiger partial charge in [-0.15, -0.1) is 0 Å². The maximum absolute atomic E-state index is 5.87. The van der Waals surface area contributed by atoms with E-state index in [1.807, 2.05) is 32.9 Å². The summed E-state index contributed by atoms with van der Waals surface area (Å²) in [6.45, 7) is 14.1. The van der Waals surface area contributed by atoms with Gasteiger partial charge in [0.1, 0.15) is 5.84 Å². The summed E-state index contributed by atoms with van der Waals surface area (Å²) in [6.07, 6.45) is 8.85. The number of hydrogen-bond donors (Lipinski definition) is 1. The summed E-state index contributed by atoms with van der Waals surface area (Å²) in [6, 6.07) is 0. The second-order valence-corrected chi connectivity index (χ2v) is 4.80. The lowest BCUT2D eigenvalue weighted by molar-refractivity contribution is 0.649. The van der Waals surface area contributed by atoms with Crippen LogP contribution in [0.1, 0.15) is 41.0 Å². The van der Waals surface area contributed by atoms with E-state index in [1.165, 1.54) is 5.57 Å². The lowest BCUT2D eigenvalue weighted by Crippen LogP contribution is -2.08. The van der Waals surface area contributed by atoms with Crippen molar-refractivity contribution in [3.05, 3.63) is 47.7 Å². The average Bonchev–Trinajstić information content (AvgIpc) is 2.32. The molecule has 0 fully saturated rings. The molecule has 0 aliphatic carbocycles. The number of hydrogen-bond acceptors (Lipinski definition) is 1. The Bertz CT molecular complexity index is 393. The molecule has 100 valence electrons. The first-order valence-electron chi connectivity index (χ1n) is 6.38. The van der Waals surface area contributed by atoms with Gasteiger partial charge in [0.25, 0.3) is 0 Å². The molecule has 2 nitrogen and oxygen atoms in total. The van der Waals surface area contributed by atoms with E-state index in [1.54, 1.807) is 6.08 Å². The summed E-state index contributed by atoms with van der Waals surface area (Å²) in [4.78, 5) is 4.32. The number of nitrogens with zero attached hydrogens (tertiary/aromatic N) is 1. The fraction of sp³-hybridized carbons (Fsp3) is 0.438. The first-order chi connectivity index (χ1) is 8.40. The fourth-order valence-electron chi connectivity index (χ4n) is 1.41. The molecule has 18 heavy (non-hydrogen) atoms. The van der Waals surface area contributed by atoms with E-state index >= 15 is 0 Å². The number of amidine groups is 1. The highest BCUT2D eigenvalue weighted by Crippen LogP contribution is 2.12. The van der Waals surface area contributed by atoms with Crippen molar-refractivity contribution in [1.29, 1.82) is 0 Å². The van der Waals surface area contributed by atoms with Crippen LogP contribution in [-0.2, 0) is 0 Å². The second-order valence-electron chi connectivity index (χ2n) is 4.80. The van der Waals surface area contributed by atoms with Gasteiger partial charge in [0.05, 0.1) is 0 Å². The SMILES string of the molecule is C=C\C(C)=C(C)/N=C(N)/C=C\C(=C/C)CC(C)C. The molecule has 0 heterocycles. The second kappa shape index (κ2) is 8.51. The van der Waals surface area contributed by atoms with Crippen molar-refractivity contribution in [2.75, 3.05) is 0 Å². The van der Waals surface area contributed by atoms with Crippen molar-refractivity contribution in [2.45, 2.75) is 41.0 Å². The van der Waals surface area contributed by atoms with Crippen LogP contribution >= 0.6 is 0 Å². The van der Waals surface area contributed by atoms with Gasteiger partial charge < -0.3 is 5.73 Å². The summed E-state index contributed by atoms with van der Waals surface area (Å²) in [5, 5.41) is 0. The van der Waals surface area contributed by atoms with E-state index in [-0.39, 0.29) is 0 Å². The highest BCUT2D eigenvalue weighted by Gasteiger charge is 1.97. The molecule has 2 N–H and O–H groups in total. The largest absolute Gasteiger partial charge is 0.384 e. The molecular weight excluding hydrogens is 220 g/mol. The maximum atomic E-state index is 5.87. The molecule has 0 radical (unpaired) electrons. The Morgan fingerprint density at radius 3 is 2.33 bits per heavy atom. The highest BCUT2D eigenvalue weighted by molar-refractivity contribution is 5.92. The lowest BCUT2D eigenvalue weighted by Gasteiger charge is -2.04. The van der Waals surface area contributed by atoms with Crippen LogP contribution in [0.5, 0.6) is 0 Å². The first-order valence-corrected chi connectivity index (χ1v) is 6.38. The summed E-state index contributed by atoms with van der Waals surface area (Å²) >= 11 is 0. The third-order valence-electron chi connectivity index (χ3n) is 2.66. The third kappa shape index (κ3) is 6.89. The number of allylic oxidation sites excluding steroid dienone is 6. The van der Waals surface area contributed by atoms with Crippen LogP contribution in [0.25, 0.3) is 0 Å². The van der Waals surface area contributed by atoms with E-state index in [0.717, 1.165) is 17.7 Å². The van der Waals surface area contributed by atoms with Crippen molar-refractivity contribution in [3.63, 3.8) is 0 Å².